The molecule has 0 radical (unpaired) electrons. The van der Waals surface area contributed by atoms with E-state index in [9.17, 15) is 13.2 Å². The number of likely N-dealkylation sites (N-methyl/N-ethyl adjacent to an activating group) is 1. The number of nitrogens with zero attached hydrogens (tertiary/aromatic N) is 2. The van der Waals surface area contributed by atoms with Gasteiger partial charge in [-0.3, -0.25) is 4.79 Å². The van der Waals surface area contributed by atoms with Gasteiger partial charge < -0.3 is 15.0 Å². The summed E-state index contributed by atoms with van der Waals surface area (Å²) in [6, 6.07) is 4.78. The topological polar surface area (TPSA) is 79.0 Å². The van der Waals surface area contributed by atoms with Gasteiger partial charge in [-0.25, -0.2) is 8.42 Å². The minimum absolute atomic E-state index is 0.0523. The van der Waals surface area contributed by atoms with E-state index in [-0.39, 0.29) is 16.9 Å². The summed E-state index contributed by atoms with van der Waals surface area (Å²) >= 11 is 0. The number of benzene rings is 1. The van der Waals surface area contributed by atoms with Crippen LogP contribution in [0.4, 0.5) is 0 Å². The highest BCUT2D eigenvalue weighted by molar-refractivity contribution is 7.89. The maximum Gasteiger partial charge on any atom is 0.251 e. The Kier molecular flexibility index (Phi) is 5.96. The zero-order valence-electron chi connectivity index (χ0n) is 15.4. The zero-order valence-corrected chi connectivity index (χ0v) is 16.2. The predicted octanol–water partition coefficient (Wildman–Crippen LogP) is 0.840. The molecule has 0 aromatic heterocycles. The molecule has 0 unspecified atom stereocenters. The Morgan fingerprint density at radius 3 is 2.65 bits per heavy atom. The molecule has 2 heterocycles. The maximum absolute atomic E-state index is 12.9. The van der Waals surface area contributed by atoms with Crippen molar-refractivity contribution in [3.8, 4) is 0 Å². The molecule has 1 N–H and O–H groups in total. The number of rotatable bonds is 5. The van der Waals surface area contributed by atoms with Crippen molar-refractivity contribution >= 4 is 15.9 Å². The van der Waals surface area contributed by atoms with Crippen LogP contribution in [0.1, 0.15) is 28.8 Å². The van der Waals surface area contributed by atoms with Crippen LogP contribution in [0, 0.1) is 6.92 Å². The maximum atomic E-state index is 12.9. The van der Waals surface area contributed by atoms with Gasteiger partial charge in [0.25, 0.3) is 5.91 Å². The molecule has 26 heavy (non-hydrogen) atoms. The van der Waals surface area contributed by atoms with Gasteiger partial charge in [0.2, 0.25) is 10.0 Å². The monoisotopic (exact) mass is 381 g/mol. The van der Waals surface area contributed by atoms with E-state index in [0.29, 0.717) is 38.3 Å². The fraction of sp³-hybridized carbons (Fsp3) is 0.611. The smallest absolute Gasteiger partial charge is 0.251 e. The van der Waals surface area contributed by atoms with E-state index in [0.717, 1.165) is 25.0 Å². The SMILES string of the molecule is Cc1ccc(S(=O)(=O)N2CCN(C)CC2)cc1C(=O)NC[C@H]1CCCO1. The predicted molar refractivity (Wildman–Crippen MR) is 98.7 cm³/mol. The number of sulfonamides is 1. The second-order valence-electron chi connectivity index (χ2n) is 7.03. The van der Waals surface area contributed by atoms with Crippen molar-refractivity contribution in [3.05, 3.63) is 29.3 Å². The molecule has 1 atom stereocenters. The number of hydrogen-bond donors (Lipinski definition) is 1. The molecular weight excluding hydrogens is 354 g/mol. The first kappa shape index (κ1) is 19.3. The van der Waals surface area contributed by atoms with Crippen LogP contribution >= 0.6 is 0 Å². The largest absolute Gasteiger partial charge is 0.376 e. The average Bonchev–Trinajstić information content (AvgIpc) is 3.14. The number of nitrogens with one attached hydrogen (secondary N) is 1. The lowest BCUT2D eigenvalue weighted by molar-refractivity contribution is 0.0857. The lowest BCUT2D eigenvalue weighted by Crippen LogP contribution is -2.47. The molecule has 0 saturated carbocycles. The summed E-state index contributed by atoms with van der Waals surface area (Å²) in [7, 11) is -1.61. The third-order valence-corrected chi connectivity index (χ3v) is 6.96. The molecule has 0 aliphatic carbocycles. The Morgan fingerprint density at radius 2 is 2.00 bits per heavy atom. The standard InChI is InChI=1S/C18H27N3O4S/c1-14-5-6-16(26(23,24)21-9-7-20(2)8-10-21)12-17(14)18(22)19-13-15-4-3-11-25-15/h5-6,12,15H,3-4,7-11,13H2,1-2H3,(H,19,22)/t15-/m1/s1. The van der Waals surface area contributed by atoms with Crippen LogP contribution in [0.5, 0.6) is 0 Å². The van der Waals surface area contributed by atoms with Crippen molar-refractivity contribution in [2.45, 2.75) is 30.8 Å². The molecule has 2 fully saturated rings. The normalized spacial score (nSPS) is 22.5. The Labute approximate surface area is 155 Å². The highest BCUT2D eigenvalue weighted by Crippen LogP contribution is 2.21. The van der Waals surface area contributed by atoms with E-state index in [4.69, 9.17) is 4.74 Å². The quantitative estimate of drug-likeness (QED) is 0.818. The molecule has 144 valence electrons. The lowest BCUT2D eigenvalue weighted by atomic mass is 10.1. The molecule has 1 amide bonds. The first-order valence-corrected chi connectivity index (χ1v) is 10.5. The van der Waals surface area contributed by atoms with Crippen LogP contribution in [-0.2, 0) is 14.8 Å². The summed E-state index contributed by atoms with van der Waals surface area (Å²) < 4.78 is 32.8. The van der Waals surface area contributed by atoms with Gasteiger partial charge >= 0.3 is 0 Å². The molecular formula is C18H27N3O4S. The van der Waals surface area contributed by atoms with E-state index in [1.165, 1.54) is 10.4 Å². The van der Waals surface area contributed by atoms with E-state index < -0.39 is 10.0 Å². The van der Waals surface area contributed by atoms with Crippen molar-refractivity contribution in [2.24, 2.45) is 0 Å². The van der Waals surface area contributed by atoms with Gasteiger partial charge in [-0.15, -0.1) is 0 Å². The summed E-state index contributed by atoms with van der Waals surface area (Å²) in [5.74, 6) is -0.256. The second-order valence-corrected chi connectivity index (χ2v) is 8.97. The summed E-state index contributed by atoms with van der Waals surface area (Å²) in [6.45, 7) is 5.35. The first-order valence-electron chi connectivity index (χ1n) is 9.07. The molecule has 1 aromatic carbocycles. The Bertz CT molecular complexity index is 752. The van der Waals surface area contributed by atoms with Gasteiger partial charge in [0.05, 0.1) is 11.0 Å². The van der Waals surface area contributed by atoms with E-state index in [1.807, 2.05) is 14.0 Å². The van der Waals surface area contributed by atoms with E-state index in [1.54, 1.807) is 12.1 Å². The van der Waals surface area contributed by atoms with Crippen molar-refractivity contribution in [3.63, 3.8) is 0 Å². The molecule has 8 heteroatoms. The van der Waals surface area contributed by atoms with Crippen molar-refractivity contribution in [2.75, 3.05) is 46.4 Å². The van der Waals surface area contributed by atoms with Crippen molar-refractivity contribution in [1.82, 2.24) is 14.5 Å². The minimum Gasteiger partial charge on any atom is -0.376 e. The number of piperazine rings is 1. The van der Waals surface area contributed by atoms with Crippen LogP contribution in [0.15, 0.2) is 23.1 Å². The fourth-order valence-electron chi connectivity index (χ4n) is 3.29. The summed E-state index contributed by atoms with van der Waals surface area (Å²) in [4.78, 5) is 14.8. The van der Waals surface area contributed by atoms with Crippen LogP contribution in [0.3, 0.4) is 0 Å². The molecule has 2 saturated heterocycles. The number of hydrogen-bond acceptors (Lipinski definition) is 5. The van der Waals surface area contributed by atoms with Gasteiger partial charge in [-0.05, 0) is 44.5 Å². The zero-order chi connectivity index (χ0) is 18.7. The average molecular weight is 381 g/mol. The van der Waals surface area contributed by atoms with Crippen LogP contribution in [0.25, 0.3) is 0 Å². The van der Waals surface area contributed by atoms with Crippen molar-refractivity contribution in [1.29, 1.82) is 0 Å². The molecule has 0 bridgehead atoms. The van der Waals surface area contributed by atoms with Gasteiger partial charge in [0.1, 0.15) is 0 Å². The van der Waals surface area contributed by atoms with E-state index >= 15 is 0 Å². The molecule has 7 nitrogen and oxygen atoms in total. The fourth-order valence-corrected chi connectivity index (χ4v) is 4.74. The van der Waals surface area contributed by atoms with Crippen LogP contribution < -0.4 is 5.32 Å². The molecule has 2 aliphatic rings. The highest BCUT2D eigenvalue weighted by atomic mass is 32.2. The molecule has 0 spiro atoms. The Balaban J connectivity index is 1.74. The van der Waals surface area contributed by atoms with Crippen LogP contribution in [0.2, 0.25) is 0 Å². The van der Waals surface area contributed by atoms with E-state index in [2.05, 4.69) is 10.2 Å². The summed E-state index contributed by atoms with van der Waals surface area (Å²) in [6.07, 6.45) is 2.01. The molecule has 1 aromatic rings. The third-order valence-electron chi connectivity index (χ3n) is 5.07. The lowest BCUT2D eigenvalue weighted by Gasteiger charge is -2.31. The van der Waals surface area contributed by atoms with Gasteiger partial charge in [-0.1, -0.05) is 6.07 Å². The van der Waals surface area contributed by atoms with Crippen LogP contribution in [-0.4, -0.2) is 76.0 Å². The van der Waals surface area contributed by atoms with Crippen molar-refractivity contribution < 1.29 is 17.9 Å². The Hall–Kier alpha value is -1.48. The second kappa shape index (κ2) is 8.04. The summed E-state index contributed by atoms with van der Waals surface area (Å²) in [5.41, 5.74) is 1.16. The number of aryl methyl sites for hydroxylation is 1. The third kappa shape index (κ3) is 4.25. The number of amides is 1. The highest BCUT2D eigenvalue weighted by Gasteiger charge is 2.28. The van der Waals surface area contributed by atoms with Gasteiger partial charge in [0.15, 0.2) is 0 Å². The molecule has 3 rings (SSSR count). The van der Waals surface area contributed by atoms with Gasteiger partial charge in [0, 0.05) is 44.9 Å². The number of ether oxygens (including phenoxy) is 1. The first-order chi connectivity index (χ1) is 12.4. The number of carbonyl (C=O) groups excluding carboxylic acids is 1. The number of carbonyl (C=O) groups is 1. The van der Waals surface area contributed by atoms with Gasteiger partial charge in [-0.2, -0.15) is 4.31 Å². The summed E-state index contributed by atoms with van der Waals surface area (Å²) in [5, 5.41) is 2.87. The minimum atomic E-state index is -3.59. The Morgan fingerprint density at radius 1 is 1.27 bits per heavy atom. The molecule has 2 aliphatic heterocycles.